The van der Waals surface area contributed by atoms with Crippen LogP contribution in [0, 0.1) is 5.82 Å². The van der Waals surface area contributed by atoms with Gasteiger partial charge in [0.05, 0.1) is 5.69 Å². The van der Waals surface area contributed by atoms with Crippen LogP contribution in [-0.4, -0.2) is 55.2 Å². The number of halogens is 2. The van der Waals surface area contributed by atoms with Crippen molar-refractivity contribution in [1.82, 2.24) is 10.2 Å². The van der Waals surface area contributed by atoms with Crippen LogP contribution in [0.3, 0.4) is 0 Å². The molecule has 3 rings (SSSR count). The van der Waals surface area contributed by atoms with Crippen molar-refractivity contribution in [1.29, 1.82) is 0 Å². The first-order chi connectivity index (χ1) is 13.2. The number of aliphatic imine (C=N–C) groups is 1. The highest BCUT2D eigenvalue weighted by atomic mass is 127. The molecule has 152 valence electrons. The lowest BCUT2D eigenvalue weighted by Gasteiger charge is -2.37. The van der Waals surface area contributed by atoms with E-state index in [4.69, 9.17) is 4.99 Å². The zero-order chi connectivity index (χ0) is 19.1. The fraction of sp³-hybridized carbons (Fsp3) is 0.381. The molecule has 5 nitrogen and oxygen atoms in total. The van der Waals surface area contributed by atoms with Gasteiger partial charge in [0.15, 0.2) is 5.96 Å². The van der Waals surface area contributed by atoms with Gasteiger partial charge in [-0.3, -0.25) is 4.99 Å². The summed E-state index contributed by atoms with van der Waals surface area (Å²) in [7, 11) is 0. The summed E-state index contributed by atoms with van der Waals surface area (Å²) in [5.41, 5.74) is 1.84. The Labute approximate surface area is 183 Å². The number of piperazine rings is 1. The Morgan fingerprint density at radius 1 is 1.11 bits per heavy atom. The minimum Gasteiger partial charge on any atom is -0.506 e. The van der Waals surface area contributed by atoms with E-state index in [0.717, 1.165) is 49.9 Å². The number of nitrogens with zero attached hydrogens (tertiary/aromatic N) is 3. The van der Waals surface area contributed by atoms with Crippen LogP contribution in [0.2, 0.25) is 0 Å². The van der Waals surface area contributed by atoms with Crippen LogP contribution >= 0.6 is 24.0 Å². The van der Waals surface area contributed by atoms with E-state index in [1.54, 1.807) is 18.2 Å². The minimum atomic E-state index is -0.205. The Bertz CT molecular complexity index is 779. The Balaban J connectivity index is 0.00000280. The number of hydrogen-bond donors (Lipinski definition) is 2. The first-order valence-electron chi connectivity index (χ1n) is 9.48. The number of anilines is 1. The molecule has 1 aliphatic rings. The molecule has 1 saturated heterocycles. The van der Waals surface area contributed by atoms with Gasteiger partial charge in [-0.25, -0.2) is 4.39 Å². The SMILES string of the molecule is CCNC(=NCCc1cccc(F)c1)N1CCN(c2ccccc2O)CC1.I. The molecule has 0 saturated carbocycles. The van der Waals surface area contributed by atoms with Gasteiger partial charge < -0.3 is 20.2 Å². The van der Waals surface area contributed by atoms with Crippen LogP contribution in [0.15, 0.2) is 53.5 Å². The van der Waals surface area contributed by atoms with E-state index in [9.17, 15) is 9.50 Å². The summed E-state index contributed by atoms with van der Waals surface area (Å²) in [5, 5.41) is 13.4. The number of benzene rings is 2. The molecule has 28 heavy (non-hydrogen) atoms. The van der Waals surface area contributed by atoms with Crippen LogP contribution in [0.5, 0.6) is 5.75 Å². The van der Waals surface area contributed by atoms with Crippen molar-refractivity contribution >= 4 is 35.6 Å². The number of phenolic OH excluding ortho intramolecular Hbond substituents is 1. The number of nitrogens with one attached hydrogen (secondary N) is 1. The molecule has 0 aromatic heterocycles. The molecule has 0 atom stereocenters. The lowest BCUT2D eigenvalue weighted by molar-refractivity contribution is 0.370. The van der Waals surface area contributed by atoms with Crippen molar-refractivity contribution in [2.75, 3.05) is 44.2 Å². The standard InChI is InChI=1S/C21H27FN4O.HI/c1-2-23-21(24-11-10-17-6-5-7-18(22)16-17)26-14-12-25(13-15-26)19-8-3-4-9-20(19)27;/h3-9,16,27H,2,10-15H2,1H3,(H,23,24);1H. The van der Waals surface area contributed by atoms with Crippen molar-refractivity contribution in [3.63, 3.8) is 0 Å². The highest BCUT2D eigenvalue weighted by molar-refractivity contribution is 14.0. The first-order valence-corrected chi connectivity index (χ1v) is 9.48. The zero-order valence-corrected chi connectivity index (χ0v) is 18.5. The molecule has 0 aliphatic carbocycles. The molecule has 0 unspecified atom stereocenters. The van der Waals surface area contributed by atoms with E-state index in [-0.39, 0.29) is 29.8 Å². The van der Waals surface area contributed by atoms with Gasteiger partial charge in [0.25, 0.3) is 0 Å². The highest BCUT2D eigenvalue weighted by Gasteiger charge is 2.21. The average molecular weight is 498 g/mol. The summed E-state index contributed by atoms with van der Waals surface area (Å²) in [4.78, 5) is 9.16. The topological polar surface area (TPSA) is 51.1 Å². The fourth-order valence-electron chi connectivity index (χ4n) is 3.30. The van der Waals surface area contributed by atoms with Gasteiger partial charge in [0.2, 0.25) is 0 Å². The fourth-order valence-corrected chi connectivity index (χ4v) is 3.30. The largest absolute Gasteiger partial charge is 0.506 e. The van der Waals surface area contributed by atoms with Crippen LogP contribution in [0.4, 0.5) is 10.1 Å². The summed E-state index contributed by atoms with van der Waals surface area (Å²) in [6.45, 7) is 6.79. The molecule has 1 heterocycles. The second-order valence-corrected chi connectivity index (χ2v) is 6.58. The molecule has 2 aromatic carbocycles. The molecule has 2 N–H and O–H groups in total. The van der Waals surface area contributed by atoms with Gasteiger partial charge in [0, 0.05) is 39.3 Å². The lowest BCUT2D eigenvalue weighted by atomic mass is 10.1. The molecular formula is C21H28FIN4O. The Morgan fingerprint density at radius 3 is 2.54 bits per heavy atom. The predicted molar refractivity (Wildman–Crippen MR) is 123 cm³/mol. The number of para-hydroxylation sites is 2. The van der Waals surface area contributed by atoms with Crippen molar-refractivity contribution in [2.24, 2.45) is 4.99 Å². The van der Waals surface area contributed by atoms with E-state index in [1.165, 1.54) is 6.07 Å². The molecule has 0 radical (unpaired) electrons. The van der Waals surface area contributed by atoms with E-state index >= 15 is 0 Å². The van der Waals surface area contributed by atoms with Gasteiger partial charge >= 0.3 is 0 Å². The Hall–Kier alpha value is -2.03. The second kappa shape index (κ2) is 11.1. The van der Waals surface area contributed by atoms with Crippen LogP contribution < -0.4 is 10.2 Å². The Morgan fingerprint density at radius 2 is 1.86 bits per heavy atom. The van der Waals surface area contributed by atoms with Gasteiger partial charge in [-0.05, 0) is 43.2 Å². The van der Waals surface area contributed by atoms with Crippen LogP contribution in [0.25, 0.3) is 0 Å². The third-order valence-electron chi connectivity index (χ3n) is 4.69. The Kier molecular flexibility index (Phi) is 8.82. The van der Waals surface area contributed by atoms with Gasteiger partial charge in [-0.2, -0.15) is 0 Å². The van der Waals surface area contributed by atoms with E-state index in [0.29, 0.717) is 18.7 Å². The van der Waals surface area contributed by atoms with E-state index < -0.39 is 0 Å². The quantitative estimate of drug-likeness (QED) is 0.377. The van der Waals surface area contributed by atoms with E-state index in [2.05, 4.69) is 22.0 Å². The average Bonchev–Trinajstić information content (AvgIpc) is 2.68. The summed E-state index contributed by atoms with van der Waals surface area (Å²) in [5.74, 6) is 1.01. The molecular weight excluding hydrogens is 470 g/mol. The van der Waals surface area contributed by atoms with Crippen LogP contribution in [-0.2, 0) is 6.42 Å². The highest BCUT2D eigenvalue weighted by Crippen LogP contribution is 2.27. The summed E-state index contributed by atoms with van der Waals surface area (Å²) >= 11 is 0. The normalized spacial score (nSPS) is 14.6. The molecule has 2 aromatic rings. The van der Waals surface area contributed by atoms with Gasteiger partial charge in [-0.1, -0.05) is 24.3 Å². The predicted octanol–water partition coefficient (Wildman–Crippen LogP) is 3.48. The van der Waals surface area contributed by atoms with Crippen molar-refractivity contribution in [2.45, 2.75) is 13.3 Å². The number of hydrogen-bond acceptors (Lipinski definition) is 3. The first kappa shape index (κ1) is 22.3. The molecule has 0 bridgehead atoms. The second-order valence-electron chi connectivity index (χ2n) is 6.58. The maximum atomic E-state index is 13.3. The lowest BCUT2D eigenvalue weighted by Crippen LogP contribution is -2.52. The summed E-state index contributed by atoms with van der Waals surface area (Å²) in [6.07, 6.45) is 0.713. The van der Waals surface area contributed by atoms with Crippen molar-refractivity contribution in [3.05, 3.63) is 59.9 Å². The molecule has 7 heteroatoms. The minimum absolute atomic E-state index is 0. The molecule has 1 aliphatic heterocycles. The third kappa shape index (κ3) is 5.98. The van der Waals surface area contributed by atoms with E-state index in [1.807, 2.05) is 24.3 Å². The smallest absolute Gasteiger partial charge is 0.194 e. The zero-order valence-electron chi connectivity index (χ0n) is 16.1. The third-order valence-corrected chi connectivity index (χ3v) is 4.69. The van der Waals surface area contributed by atoms with Gasteiger partial charge in [0.1, 0.15) is 11.6 Å². The maximum Gasteiger partial charge on any atom is 0.194 e. The van der Waals surface area contributed by atoms with Crippen molar-refractivity contribution in [3.8, 4) is 5.75 Å². The van der Waals surface area contributed by atoms with Gasteiger partial charge in [-0.15, -0.1) is 24.0 Å². The molecule has 1 fully saturated rings. The number of aromatic hydroxyl groups is 1. The van der Waals surface area contributed by atoms with Crippen molar-refractivity contribution < 1.29 is 9.50 Å². The summed E-state index contributed by atoms with van der Waals surface area (Å²) < 4.78 is 13.3. The number of phenols is 1. The molecule has 0 spiro atoms. The van der Waals surface area contributed by atoms with Crippen LogP contribution in [0.1, 0.15) is 12.5 Å². The maximum absolute atomic E-state index is 13.3. The monoisotopic (exact) mass is 498 g/mol. The summed E-state index contributed by atoms with van der Waals surface area (Å²) in [6, 6.07) is 14.1. The number of rotatable bonds is 5. The number of guanidine groups is 1. The molecule has 0 amide bonds.